The van der Waals surface area contributed by atoms with Gasteiger partial charge in [0.25, 0.3) is 5.91 Å². The first-order valence-corrected chi connectivity index (χ1v) is 8.95. The zero-order chi connectivity index (χ0) is 19.1. The Labute approximate surface area is 161 Å². The third kappa shape index (κ3) is 4.60. The van der Waals surface area contributed by atoms with Crippen molar-refractivity contribution >= 4 is 27.5 Å². The Kier molecular flexibility index (Phi) is 7.15. The van der Waals surface area contributed by atoms with Crippen molar-refractivity contribution in [3.05, 3.63) is 40.4 Å². The van der Waals surface area contributed by atoms with E-state index in [4.69, 9.17) is 18.9 Å². The van der Waals surface area contributed by atoms with Crippen molar-refractivity contribution in [3.8, 4) is 23.0 Å². The second-order valence-electron chi connectivity index (χ2n) is 5.17. The van der Waals surface area contributed by atoms with Crippen LogP contribution in [0, 0.1) is 0 Å². The highest BCUT2D eigenvalue weighted by molar-refractivity contribution is 9.10. The summed E-state index contributed by atoms with van der Waals surface area (Å²) in [6.45, 7) is 4.79. The third-order valence-electron chi connectivity index (χ3n) is 3.52. The second-order valence-corrected chi connectivity index (χ2v) is 5.97. The minimum Gasteiger partial charge on any atom is -0.495 e. The summed E-state index contributed by atoms with van der Waals surface area (Å²) in [4.78, 5) is 12.8. The predicted octanol–water partition coefficient (Wildman–Crippen LogP) is 4.52. The molecule has 0 radical (unpaired) electrons. The van der Waals surface area contributed by atoms with Gasteiger partial charge >= 0.3 is 0 Å². The summed E-state index contributed by atoms with van der Waals surface area (Å²) in [5, 5.41) is 2.86. The molecule has 1 N–H and O–H groups in total. The lowest BCUT2D eigenvalue weighted by Gasteiger charge is -2.15. The van der Waals surface area contributed by atoms with Gasteiger partial charge in [0.1, 0.15) is 27.5 Å². The highest BCUT2D eigenvalue weighted by Crippen LogP contribution is 2.36. The molecule has 0 aliphatic carbocycles. The third-order valence-corrected chi connectivity index (χ3v) is 4.30. The number of benzene rings is 2. The molecular weight excluding hydrogens is 402 g/mol. The van der Waals surface area contributed by atoms with E-state index in [1.165, 1.54) is 14.2 Å². The molecule has 0 bridgehead atoms. The van der Waals surface area contributed by atoms with Crippen LogP contribution in [0.2, 0.25) is 0 Å². The van der Waals surface area contributed by atoms with Crippen LogP contribution in [0.4, 0.5) is 5.69 Å². The molecule has 0 aromatic heterocycles. The lowest BCUT2D eigenvalue weighted by Crippen LogP contribution is -2.13. The molecule has 0 fully saturated rings. The molecule has 6 nitrogen and oxygen atoms in total. The van der Waals surface area contributed by atoms with E-state index in [1.807, 2.05) is 13.8 Å². The summed E-state index contributed by atoms with van der Waals surface area (Å²) in [6, 6.07) is 8.58. The number of hydrogen-bond donors (Lipinski definition) is 1. The van der Waals surface area contributed by atoms with Gasteiger partial charge in [-0.05, 0) is 54.0 Å². The van der Waals surface area contributed by atoms with Crippen LogP contribution in [0.25, 0.3) is 0 Å². The summed E-state index contributed by atoms with van der Waals surface area (Å²) >= 11 is 3.39. The molecule has 0 spiro atoms. The van der Waals surface area contributed by atoms with Gasteiger partial charge in [-0.15, -0.1) is 0 Å². The number of anilines is 1. The van der Waals surface area contributed by atoms with Crippen LogP contribution in [0.15, 0.2) is 34.8 Å². The number of rotatable bonds is 8. The van der Waals surface area contributed by atoms with Crippen LogP contribution in [0.3, 0.4) is 0 Å². The number of nitrogens with one attached hydrogen (secondary N) is 1. The van der Waals surface area contributed by atoms with Crippen LogP contribution in [0.1, 0.15) is 24.2 Å². The minimum atomic E-state index is -0.316. The number of halogens is 1. The van der Waals surface area contributed by atoms with Crippen molar-refractivity contribution < 1.29 is 23.7 Å². The largest absolute Gasteiger partial charge is 0.495 e. The molecule has 2 aromatic rings. The van der Waals surface area contributed by atoms with E-state index < -0.39 is 0 Å². The van der Waals surface area contributed by atoms with E-state index in [2.05, 4.69) is 21.2 Å². The maximum atomic E-state index is 12.8. The van der Waals surface area contributed by atoms with Gasteiger partial charge in [0.05, 0.1) is 33.1 Å². The Morgan fingerprint density at radius 2 is 1.58 bits per heavy atom. The maximum absolute atomic E-state index is 12.8. The van der Waals surface area contributed by atoms with Gasteiger partial charge in [-0.1, -0.05) is 0 Å². The van der Waals surface area contributed by atoms with E-state index in [0.29, 0.717) is 51.9 Å². The number of ether oxygens (including phenoxy) is 4. The number of hydrogen-bond acceptors (Lipinski definition) is 5. The fraction of sp³-hybridized carbons (Fsp3) is 0.316. The Hall–Kier alpha value is -2.41. The van der Waals surface area contributed by atoms with Crippen LogP contribution >= 0.6 is 15.9 Å². The fourth-order valence-corrected chi connectivity index (χ4v) is 2.89. The molecule has 0 saturated heterocycles. The quantitative estimate of drug-likeness (QED) is 0.675. The van der Waals surface area contributed by atoms with Crippen molar-refractivity contribution in [1.82, 2.24) is 0 Å². The Balaban J connectivity index is 2.35. The molecular formula is C19H22BrNO5. The normalized spacial score (nSPS) is 10.2. The molecule has 7 heteroatoms. The minimum absolute atomic E-state index is 0.316. The molecule has 140 valence electrons. The monoisotopic (exact) mass is 423 g/mol. The zero-order valence-corrected chi connectivity index (χ0v) is 16.8. The Bertz CT molecular complexity index is 754. The first-order valence-electron chi connectivity index (χ1n) is 8.16. The molecule has 0 aliphatic rings. The van der Waals surface area contributed by atoms with Gasteiger partial charge in [0, 0.05) is 11.6 Å². The molecule has 2 rings (SSSR count). The smallest absolute Gasteiger partial charge is 0.256 e. The van der Waals surface area contributed by atoms with Gasteiger partial charge in [-0.2, -0.15) is 0 Å². The average Bonchev–Trinajstić information content (AvgIpc) is 2.64. The van der Waals surface area contributed by atoms with Gasteiger partial charge < -0.3 is 24.3 Å². The molecule has 0 aliphatic heterocycles. The lowest BCUT2D eigenvalue weighted by molar-refractivity contribution is 0.102. The van der Waals surface area contributed by atoms with Crippen LogP contribution in [0.5, 0.6) is 23.0 Å². The van der Waals surface area contributed by atoms with Gasteiger partial charge in [0.2, 0.25) is 0 Å². The molecule has 0 atom stereocenters. The van der Waals surface area contributed by atoms with Crippen molar-refractivity contribution in [2.75, 3.05) is 32.8 Å². The average molecular weight is 424 g/mol. The molecule has 2 aromatic carbocycles. The summed E-state index contributed by atoms with van der Waals surface area (Å²) in [6.07, 6.45) is 0. The molecule has 0 saturated carbocycles. The molecule has 1 amide bonds. The SMILES string of the molecule is CCOc1ccc(OCC)c(NC(=O)c2cc(OC)c(Br)c(OC)c2)c1. The Morgan fingerprint density at radius 3 is 2.12 bits per heavy atom. The number of carbonyl (C=O) groups excluding carboxylic acids is 1. The number of carbonyl (C=O) groups is 1. The van der Waals surface area contributed by atoms with Crippen molar-refractivity contribution in [3.63, 3.8) is 0 Å². The first kappa shape index (κ1) is 19.9. The second kappa shape index (κ2) is 9.33. The van der Waals surface area contributed by atoms with Crippen LogP contribution in [-0.2, 0) is 0 Å². The molecule has 0 unspecified atom stereocenters. The summed E-state index contributed by atoms with van der Waals surface area (Å²) in [7, 11) is 3.06. The van der Waals surface area contributed by atoms with Crippen molar-refractivity contribution in [2.24, 2.45) is 0 Å². The van der Waals surface area contributed by atoms with E-state index in [0.717, 1.165) is 0 Å². The Morgan fingerprint density at radius 1 is 0.962 bits per heavy atom. The standard InChI is InChI=1S/C19H22BrNO5/c1-5-25-13-7-8-15(26-6-2)14(11-13)21-19(22)12-9-16(23-3)18(20)17(10-12)24-4/h7-11H,5-6H2,1-4H3,(H,21,22). The predicted molar refractivity (Wildman–Crippen MR) is 104 cm³/mol. The van der Waals surface area contributed by atoms with E-state index in [1.54, 1.807) is 30.3 Å². The van der Waals surface area contributed by atoms with E-state index in [-0.39, 0.29) is 5.91 Å². The molecule has 0 heterocycles. The topological polar surface area (TPSA) is 66.0 Å². The fourth-order valence-electron chi connectivity index (χ4n) is 2.34. The zero-order valence-electron chi connectivity index (χ0n) is 15.2. The summed E-state index contributed by atoms with van der Waals surface area (Å²) in [5.74, 6) is 1.91. The summed E-state index contributed by atoms with van der Waals surface area (Å²) < 4.78 is 22.3. The van der Waals surface area contributed by atoms with Gasteiger partial charge in [-0.25, -0.2) is 0 Å². The van der Waals surface area contributed by atoms with Gasteiger partial charge in [0.15, 0.2) is 0 Å². The van der Waals surface area contributed by atoms with E-state index >= 15 is 0 Å². The highest BCUT2D eigenvalue weighted by atomic mass is 79.9. The van der Waals surface area contributed by atoms with Crippen molar-refractivity contribution in [2.45, 2.75) is 13.8 Å². The van der Waals surface area contributed by atoms with Crippen LogP contribution < -0.4 is 24.3 Å². The summed E-state index contributed by atoms with van der Waals surface area (Å²) in [5.41, 5.74) is 0.926. The molecule has 26 heavy (non-hydrogen) atoms. The van der Waals surface area contributed by atoms with E-state index in [9.17, 15) is 4.79 Å². The first-order chi connectivity index (χ1) is 12.5. The van der Waals surface area contributed by atoms with Crippen LogP contribution in [-0.4, -0.2) is 33.3 Å². The lowest BCUT2D eigenvalue weighted by atomic mass is 10.1. The number of amides is 1. The number of methoxy groups -OCH3 is 2. The van der Waals surface area contributed by atoms with Crippen molar-refractivity contribution in [1.29, 1.82) is 0 Å². The highest BCUT2D eigenvalue weighted by Gasteiger charge is 2.16. The van der Waals surface area contributed by atoms with Gasteiger partial charge in [-0.3, -0.25) is 4.79 Å². The maximum Gasteiger partial charge on any atom is 0.256 e.